The van der Waals surface area contributed by atoms with Gasteiger partial charge in [-0.15, -0.1) is 11.3 Å². The number of rotatable bonds is 6. The van der Waals surface area contributed by atoms with Crippen LogP contribution in [0.25, 0.3) is 6.08 Å². The molecule has 1 aromatic carbocycles. The third kappa shape index (κ3) is 4.51. The summed E-state index contributed by atoms with van der Waals surface area (Å²) in [5, 5.41) is 5.10. The van der Waals surface area contributed by atoms with Crippen molar-refractivity contribution in [2.75, 3.05) is 11.9 Å². The fourth-order valence-corrected chi connectivity index (χ4v) is 2.03. The smallest absolute Gasteiger partial charge is 0.250 e. The number of nitrogens with zero attached hydrogens (tertiary/aromatic N) is 1. The highest BCUT2D eigenvalue weighted by molar-refractivity contribution is 7.13. The van der Waals surface area contributed by atoms with Gasteiger partial charge in [0.05, 0.1) is 6.61 Å². The average Bonchev–Trinajstić information content (AvgIpc) is 2.97. The van der Waals surface area contributed by atoms with Crippen molar-refractivity contribution in [3.63, 3.8) is 0 Å². The average molecular weight is 288 g/mol. The van der Waals surface area contributed by atoms with Gasteiger partial charge in [-0.25, -0.2) is 4.98 Å². The number of carbonyl (C=O) groups is 1. The Balaban J connectivity index is 1.88. The SMILES string of the molecule is CCCOc1ccc(C=CC(=O)Nc2nccs2)cc1. The number of hydrogen-bond acceptors (Lipinski definition) is 4. The van der Waals surface area contributed by atoms with Crippen LogP contribution in [-0.4, -0.2) is 17.5 Å². The summed E-state index contributed by atoms with van der Waals surface area (Å²) >= 11 is 1.39. The van der Waals surface area contributed by atoms with E-state index in [-0.39, 0.29) is 5.91 Å². The molecule has 0 atom stereocenters. The molecular formula is C15H16N2O2S. The first-order valence-corrected chi connectivity index (χ1v) is 7.27. The highest BCUT2D eigenvalue weighted by Crippen LogP contribution is 2.14. The summed E-state index contributed by atoms with van der Waals surface area (Å²) in [4.78, 5) is 15.6. The fraction of sp³-hybridized carbons (Fsp3) is 0.200. The van der Waals surface area contributed by atoms with Gasteiger partial charge in [0.1, 0.15) is 5.75 Å². The third-order valence-electron chi connectivity index (χ3n) is 2.44. The maximum absolute atomic E-state index is 11.6. The first-order valence-electron chi connectivity index (χ1n) is 6.39. The number of thiazole rings is 1. The molecular weight excluding hydrogens is 272 g/mol. The lowest BCUT2D eigenvalue weighted by Crippen LogP contribution is -2.06. The molecule has 0 fully saturated rings. The van der Waals surface area contributed by atoms with Crippen LogP contribution in [0.4, 0.5) is 5.13 Å². The molecule has 0 aliphatic rings. The number of benzene rings is 1. The predicted molar refractivity (Wildman–Crippen MR) is 82.0 cm³/mol. The van der Waals surface area contributed by atoms with Crippen LogP contribution in [0.3, 0.4) is 0 Å². The minimum absolute atomic E-state index is 0.189. The molecule has 0 saturated carbocycles. The molecule has 0 unspecified atom stereocenters. The normalized spacial score (nSPS) is 10.7. The Labute approximate surface area is 122 Å². The highest BCUT2D eigenvalue weighted by Gasteiger charge is 1.99. The summed E-state index contributed by atoms with van der Waals surface area (Å²) in [7, 11) is 0. The lowest BCUT2D eigenvalue weighted by Gasteiger charge is -2.03. The summed E-state index contributed by atoms with van der Waals surface area (Å²) in [6, 6.07) is 7.62. The summed E-state index contributed by atoms with van der Waals surface area (Å²) < 4.78 is 5.50. The Bertz CT molecular complexity index is 562. The molecule has 1 heterocycles. The molecule has 104 valence electrons. The molecule has 2 rings (SSSR count). The molecule has 5 heteroatoms. The third-order valence-corrected chi connectivity index (χ3v) is 3.13. The summed E-state index contributed by atoms with van der Waals surface area (Å²) in [5.41, 5.74) is 0.947. The van der Waals surface area contributed by atoms with Crippen molar-refractivity contribution < 1.29 is 9.53 Å². The zero-order valence-electron chi connectivity index (χ0n) is 11.2. The fourth-order valence-electron chi connectivity index (χ4n) is 1.50. The Hall–Kier alpha value is -2.14. The van der Waals surface area contributed by atoms with E-state index in [1.807, 2.05) is 29.6 Å². The quantitative estimate of drug-likeness (QED) is 0.826. The van der Waals surface area contributed by atoms with Gasteiger partial charge in [-0.2, -0.15) is 0 Å². The van der Waals surface area contributed by atoms with Gasteiger partial charge < -0.3 is 4.74 Å². The van der Waals surface area contributed by atoms with Crippen molar-refractivity contribution in [3.8, 4) is 5.75 Å². The molecule has 4 nitrogen and oxygen atoms in total. The molecule has 0 saturated heterocycles. The molecule has 0 radical (unpaired) electrons. The number of carbonyl (C=O) groups excluding carboxylic acids is 1. The van der Waals surface area contributed by atoms with Crippen LogP contribution in [0.2, 0.25) is 0 Å². The molecule has 0 aliphatic carbocycles. The van der Waals surface area contributed by atoms with E-state index in [2.05, 4.69) is 17.2 Å². The highest BCUT2D eigenvalue weighted by atomic mass is 32.1. The van der Waals surface area contributed by atoms with Crippen LogP contribution in [0, 0.1) is 0 Å². The van der Waals surface area contributed by atoms with Gasteiger partial charge >= 0.3 is 0 Å². The molecule has 1 amide bonds. The van der Waals surface area contributed by atoms with Crippen LogP contribution in [0.5, 0.6) is 5.75 Å². The molecule has 1 aromatic heterocycles. The van der Waals surface area contributed by atoms with Crippen LogP contribution in [-0.2, 0) is 4.79 Å². The van der Waals surface area contributed by atoms with E-state index < -0.39 is 0 Å². The maximum Gasteiger partial charge on any atom is 0.250 e. The lowest BCUT2D eigenvalue weighted by atomic mass is 10.2. The molecule has 0 aliphatic heterocycles. The Morgan fingerprint density at radius 3 is 2.85 bits per heavy atom. The van der Waals surface area contributed by atoms with Gasteiger partial charge in [0.25, 0.3) is 0 Å². The zero-order chi connectivity index (χ0) is 14.2. The Kier molecular flexibility index (Phi) is 5.32. The van der Waals surface area contributed by atoms with E-state index in [9.17, 15) is 4.79 Å². The lowest BCUT2D eigenvalue weighted by molar-refractivity contribution is -0.111. The molecule has 20 heavy (non-hydrogen) atoms. The largest absolute Gasteiger partial charge is 0.494 e. The Morgan fingerprint density at radius 2 is 2.20 bits per heavy atom. The van der Waals surface area contributed by atoms with Gasteiger partial charge in [-0.3, -0.25) is 10.1 Å². The number of nitrogens with one attached hydrogen (secondary N) is 1. The van der Waals surface area contributed by atoms with Crippen molar-refractivity contribution in [3.05, 3.63) is 47.5 Å². The number of amides is 1. The van der Waals surface area contributed by atoms with Crippen LogP contribution < -0.4 is 10.1 Å². The summed E-state index contributed by atoms with van der Waals surface area (Å²) in [6.07, 6.45) is 5.88. The van der Waals surface area contributed by atoms with Crippen LogP contribution in [0.15, 0.2) is 41.9 Å². The zero-order valence-corrected chi connectivity index (χ0v) is 12.0. The van der Waals surface area contributed by atoms with E-state index in [4.69, 9.17) is 4.74 Å². The second kappa shape index (κ2) is 7.45. The van der Waals surface area contributed by atoms with E-state index in [0.717, 1.165) is 17.7 Å². The summed E-state index contributed by atoms with van der Waals surface area (Å²) in [6.45, 7) is 2.78. The molecule has 0 spiro atoms. The van der Waals surface area contributed by atoms with E-state index in [1.54, 1.807) is 12.3 Å². The monoisotopic (exact) mass is 288 g/mol. The predicted octanol–water partition coefficient (Wildman–Crippen LogP) is 3.58. The second-order valence-corrected chi connectivity index (χ2v) is 4.97. The van der Waals surface area contributed by atoms with Gasteiger partial charge in [0, 0.05) is 17.7 Å². The first kappa shape index (κ1) is 14.3. The van der Waals surface area contributed by atoms with Crippen molar-refractivity contribution in [2.24, 2.45) is 0 Å². The van der Waals surface area contributed by atoms with Gasteiger partial charge in [0.2, 0.25) is 5.91 Å². The van der Waals surface area contributed by atoms with E-state index in [0.29, 0.717) is 11.7 Å². The van der Waals surface area contributed by atoms with Crippen molar-refractivity contribution in [1.82, 2.24) is 4.98 Å². The number of ether oxygens (including phenoxy) is 1. The second-order valence-electron chi connectivity index (χ2n) is 4.08. The van der Waals surface area contributed by atoms with E-state index >= 15 is 0 Å². The van der Waals surface area contributed by atoms with Crippen molar-refractivity contribution >= 4 is 28.5 Å². The van der Waals surface area contributed by atoms with Crippen molar-refractivity contribution in [1.29, 1.82) is 0 Å². The molecule has 2 aromatic rings. The molecule has 0 bridgehead atoms. The van der Waals surface area contributed by atoms with Gasteiger partial charge in [0.15, 0.2) is 5.13 Å². The van der Waals surface area contributed by atoms with E-state index in [1.165, 1.54) is 17.4 Å². The van der Waals surface area contributed by atoms with Crippen LogP contribution >= 0.6 is 11.3 Å². The van der Waals surface area contributed by atoms with Crippen LogP contribution in [0.1, 0.15) is 18.9 Å². The first-order chi connectivity index (χ1) is 9.78. The van der Waals surface area contributed by atoms with Crippen molar-refractivity contribution in [2.45, 2.75) is 13.3 Å². The number of anilines is 1. The standard InChI is InChI=1S/C15H16N2O2S/c1-2-10-19-13-6-3-12(4-7-13)5-8-14(18)17-15-16-9-11-20-15/h3-9,11H,2,10H2,1H3,(H,16,17,18). The van der Waals surface area contributed by atoms with Gasteiger partial charge in [-0.1, -0.05) is 19.1 Å². The molecule has 1 N–H and O–H groups in total. The minimum Gasteiger partial charge on any atom is -0.494 e. The summed E-state index contributed by atoms with van der Waals surface area (Å²) in [5.74, 6) is 0.655. The number of aromatic nitrogens is 1. The number of hydrogen-bond donors (Lipinski definition) is 1. The minimum atomic E-state index is -0.189. The Morgan fingerprint density at radius 1 is 1.40 bits per heavy atom. The maximum atomic E-state index is 11.6. The van der Waals surface area contributed by atoms with Gasteiger partial charge in [-0.05, 0) is 30.2 Å². The topological polar surface area (TPSA) is 51.2 Å².